The van der Waals surface area contributed by atoms with Gasteiger partial charge in [0.25, 0.3) is 0 Å². The van der Waals surface area contributed by atoms with Crippen molar-refractivity contribution in [1.82, 2.24) is 9.13 Å². The first-order chi connectivity index (χ1) is 13.5. The molecular formula is C21H15ClN2O3S. The molecule has 4 aromatic rings. The molecule has 140 valence electrons. The van der Waals surface area contributed by atoms with E-state index >= 15 is 0 Å². The maximum Gasteiger partial charge on any atom is 0.317 e. The van der Waals surface area contributed by atoms with Gasteiger partial charge in [0, 0.05) is 5.02 Å². The van der Waals surface area contributed by atoms with Crippen LogP contribution in [0.3, 0.4) is 0 Å². The van der Waals surface area contributed by atoms with Crippen LogP contribution >= 0.6 is 22.9 Å². The summed E-state index contributed by atoms with van der Waals surface area (Å²) < 4.78 is 2.64. The Labute approximate surface area is 169 Å². The van der Waals surface area contributed by atoms with Crippen LogP contribution in [-0.2, 0) is 13.1 Å². The number of carbonyl (C=O) groups excluding carboxylic acids is 1. The molecule has 0 aliphatic carbocycles. The molecule has 4 rings (SSSR count). The number of rotatable bonds is 5. The number of aromatic nitrogens is 2. The van der Waals surface area contributed by atoms with E-state index in [1.807, 2.05) is 30.3 Å². The SMILES string of the molecule is O=C(Cn1c(=O)c(=O)n(Cc2ccccc2)c2ccc(Cl)cc21)c1cccs1. The van der Waals surface area contributed by atoms with Crippen LogP contribution in [0.15, 0.2) is 75.6 Å². The summed E-state index contributed by atoms with van der Waals surface area (Å²) in [7, 11) is 0. The minimum atomic E-state index is -0.740. The fourth-order valence-electron chi connectivity index (χ4n) is 3.13. The van der Waals surface area contributed by atoms with Gasteiger partial charge in [-0.2, -0.15) is 0 Å². The second-order valence-corrected chi connectivity index (χ2v) is 7.69. The van der Waals surface area contributed by atoms with Gasteiger partial charge in [-0.05, 0) is 35.2 Å². The summed E-state index contributed by atoms with van der Waals surface area (Å²) in [6.45, 7) is 0.0460. The number of carbonyl (C=O) groups is 1. The van der Waals surface area contributed by atoms with Crippen molar-refractivity contribution in [3.8, 4) is 0 Å². The summed E-state index contributed by atoms with van der Waals surface area (Å²) in [6.07, 6.45) is 0. The lowest BCUT2D eigenvalue weighted by molar-refractivity contribution is 0.0976. The van der Waals surface area contributed by atoms with Gasteiger partial charge in [0.1, 0.15) is 0 Å². The van der Waals surface area contributed by atoms with Crippen LogP contribution in [0.1, 0.15) is 15.2 Å². The van der Waals surface area contributed by atoms with Crippen molar-refractivity contribution in [2.45, 2.75) is 13.1 Å². The van der Waals surface area contributed by atoms with E-state index in [0.29, 0.717) is 20.9 Å². The van der Waals surface area contributed by atoms with E-state index in [-0.39, 0.29) is 18.9 Å². The second kappa shape index (κ2) is 7.58. The number of hydrogen-bond acceptors (Lipinski definition) is 4. The third kappa shape index (κ3) is 3.44. The fraction of sp³-hybridized carbons (Fsp3) is 0.0952. The molecule has 0 fully saturated rings. The van der Waals surface area contributed by atoms with Crippen LogP contribution in [0, 0.1) is 0 Å². The Balaban J connectivity index is 1.90. The lowest BCUT2D eigenvalue weighted by Gasteiger charge is -2.15. The van der Waals surface area contributed by atoms with Gasteiger partial charge in [-0.1, -0.05) is 48.0 Å². The molecule has 0 spiro atoms. The van der Waals surface area contributed by atoms with Crippen molar-refractivity contribution in [2.24, 2.45) is 0 Å². The number of halogens is 1. The maximum absolute atomic E-state index is 12.8. The van der Waals surface area contributed by atoms with Crippen molar-refractivity contribution in [2.75, 3.05) is 0 Å². The van der Waals surface area contributed by atoms with Gasteiger partial charge in [-0.25, -0.2) is 0 Å². The van der Waals surface area contributed by atoms with Crippen molar-refractivity contribution in [1.29, 1.82) is 0 Å². The zero-order valence-corrected chi connectivity index (χ0v) is 16.2. The number of thiophene rings is 1. The highest BCUT2D eigenvalue weighted by atomic mass is 35.5. The number of Topliss-reactive ketones (excluding diaryl/α,β-unsaturated/α-hetero) is 1. The topological polar surface area (TPSA) is 61.1 Å². The van der Waals surface area contributed by atoms with Gasteiger partial charge >= 0.3 is 11.1 Å². The smallest absolute Gasteiger partial charge is 0.298 e. The van der Waals surface area contributed by atoms with E-state index in [1.165, 1.54) is 20.5 Å². The molecule has 28 heavy (non-hydrogen) atoms. The highest BCUT2D eigenvalue weighted by molar-refractivity contribution is 7.12. The molecule has 7 heteroatoms. The number of nitrogens with zero attached hydrogens (tertiary/aromatic N) is 2. The van der Waals surface area contributed by atoms with Gasteiger partial charge in [-0.3, -0.25) is 23.5 Å². The number of benzene rings is 2. The van der Waals surface area contributed by atoms with E-state index in [9.17, 15) is 14.4 Å². The number of fused-ring (bicyclic) bond motifs is 1. The Hall–Kier alpha value is -2.96. The molecule has 0 amide bonds. The highest BCUT2D eigenvalue weighted by Gasteiger charge is 2.17. The van der Waals surface area contributed by atoms with E-state index < -0.39 is 11.1 Å². The van der Waals surface area contributed by atoms with E-state index in [0.717, 1.165) is 5.56 Å². The predicted octanol–water partition coefficient (Wildman–Crippen LogP) is 3.81. The molecule has 0 saturated carbocycles. The van der Waals surface area contributed by atoms with E-state index in [2.05, 4.69) is 0 Å². The Morgan fingerprint density at radius 1 is 0.893 bits per heavy atom. The molecule has 0 bridgehead atoms. The predicted molar refractivity (Wildman–Crippen MR) is 112 cm³/mol. The Bertz CT molecular complexity index is 1270. The molecule has 0 saturated heterocycles. The Morgan fingerprint density at radius 3 is 2.36 bits per heavy atom. The lowest BCUT2D eigenvalue weighted by atomic mass is 10.2. The molecule has 0 atom stereocenters. The monoisotopic (exact) mass is 410 g/mol. The second-order valence-electron chi connectivity index (χ2n) is 6.30. The summed E-state index contributed by atoms with van der Waals surface area (Å²) in [5.74, 6) is -0.224. The van der Waals surface area contributed by atoms with Gasteiger partial charge in [0.2, 0.25) is 0 Å². The standard InChI is InChI=1S/C21H15ClN2O3S/c22-15-8-9-16-17(11-15)24(13-18(25)19-7-4-10-28-19)21(27)20(26)23(16)12-14-5-2-1-3-6-14/h1-11H,12-13H2. The largest absolute Gasteiger partial charge is 0.317 e. The average molecular weight is 411 g/mol. The summed E-state index contributed by atoms with van der Waals surface area (Å²) in [4.78, 5) is 38.8. The highest BCUT2D eigenvalue weighted by Crippen LogP contribution is 2.19. The van der Waals surface area contributed by atoms with Gasteiger partial charge < -0.3 is 0 Å². The molecule has 2 aromatic carbocycles. The Kier molecular flexibility index (Phi) is 4.98. The van der Waals surface area contributed by atoms with Crippen molar-refractivity contribution < 1.29 is 4.79 Å². The van der Waals surface area contributed by atoms with Crippen LogP contribution in [0.5, 0.6) is 0 Å². The molecule has 2 aromatic heterocycles. The van der Waals surface area contributed by atoms with Crippen LogP contribution in [-0.4, -0.2) is 14.9 Å². The van der Waals surface area contributed by atoms with E-state index in [1.54, 1.807) is 35.7 Å². The lowest BCUT2D eigenvalue weighted by Crippen LogP contribution is -2.42. The molecule has 0 aliphatic heterocycles. The average Bonchev–Trinajstić information content (AvgIpc) is 3.24. The van der Waals surface area contributed by atoms with Gasteiger partial charge in [-0.15, -0.1) is 11.3 Å². The molecule has 0 aliphatic rings. The molecule has 0 radical (unpaired) electrons. The minimum absolute atomic E-state index is 0.211. The summed E-state index contributed by atoms with van der Waals surface area (Å²) in [6, 6.07) is 17.9. The third-order valence-electron chi connectivity index (χ3n) is 4.47. The van der Waals surface area contributed by atoms with Crippen LogP contribution in [0.4, 0.5) is 0 Å². The van der Waals surface area contributed by atoms with E-state index in [4.69, 9.17) is 11.6 Å². The third-order valence-corrected chi connectivity index (χ3v) is 5.62. The normalized spacial score (nSPS) is 11.0. The molecule has 0 unspecified atom stereocenters. The molecule has 5 nitrogen and oxygen atoms in total. The van der Waals surface area contributed by atoms with Gasteiger partial charge in [0.15, 0.2) is 5.78 Å². The number of hydrogen-bond donors (Lipinski definition) is 0. The summed E-state index contributed by atoms with van der Waals surface area (Å²) in [5, 5.41) is 2.22. The first kappa shape index (κ1) is 18.4. The fourth-order valence-corrected chi connectivity index (χ4v) is 3.95. The van der Waals surface area contributed by atoms with Crippen LogP contribution < -0.4 is 11.1 Å². The molecule has 0 N–H and O–H groups in total. The van der Waals surface area contributed by atoms with Crippen molar-refractivity contribution in [3.05, 3.63) is 102 Å². The van der Waals surface area contributed by atoms with Crippen LogP contribution in [0.2, 0.25) is 5.02 Å². The number of ketones is 1. The zero-order chi connectivity index (χ0) is 19.7. The first-order valence-corrected chi connectivity index (χ1v) is 9.84. The van der Waals surface area contributed by atoms with Crippen molar-refractivity contribution in [3.63, 3.8) is 0 Å². The maximum atomic E-state index is 12.8. The zero-order valence-electron chi connectivity index (χ0n) is 14.7. The van der Waals surface area contributed by atoms with Gasteiger partial charge in [0.05, 0.1) is 29.0 Å². The minimum Gasteiger partial charge on any atom is -0.298 e. The first-order valence-electron chi connectivity index (χ1n) is 8.58. The quantitative estimate of drug-likeness (QED) is 0.371. The molecule has 2 heterocycles. The molecular weight excluding hydrogens is 396 g/mol. The summed E-state index contributed by atoms with van der Waals surface area (Å²) >= 11 is 7.45. The summed E-state index contributed by atoms with van der Waals surface area (Å²) in [5.41, 5.74) is 0.496. The Morgan fingerprint density at radius 2 is 1.64 bits per heavy atom. The van der Waals surface area contributed by atoms with Crippen molar-refractivity contribution >= 4 is 39.8 Å². The van der Waals surface area contributed by atoms with Crippen LogP contribution in [0.25, 0.3) is 11.0 Å².